The Morgan fingerprint density at radius 1 is 1.19 bits per heavy atom. The summed E-state index contributed by atoms with van der Waals surface area (Å²) in [5, 5.41) is 6.69. The van der Waals surface area contributed by atoms with E-state index in [1.807, 2.05) is 12.1 Å². The van der Waals surface area contributed by atoms with E-state index in [1.54, 1.807) is 0 Å². The lowest BCUT2D eigenvalue weighted by Gasteiger charge is -2.12. The fourth-order valence-electron chi connectivity index (χ4n) is 2.23. The maximum absolute atomic E-state index is 4.66. The smallest absolute Gasteiger partial charge is 0.136 e. The number of rotatable bonds is 5. The number of anilines is 3. The molecule has 21 heavy (non-hydrogen) atoms. The summed E-state index contributed by atoms with van der Waals surface area (Å²) in [7, 11) is 0. The van der Waals surface area contributed by atoms with E-state index in [1.165, 1.54) is 18.4 Å². The second-order valence-electron chi connectivity index (χ2n) is 5.39. The van der Waals surface area contributed by atoms with Crippen molar-refractivity contribution >= 4 is 33.3 Å². The molecule has 4 nitrogen and oxygen atoms in total. The van der Waals surface area contributed by atoms with Crippen LogP contribution in [0.2, 0.25) is 0 Å². The zero-order valence-corrected chi connectivity index (χ0v) is 13.9. The van der Waals surface area contributed by atoms with Gasteiger partial charge in [0.2, 0.25) is 0 Å². The highest BCUT2D eigenvalue weighted by Crippen LogP contribution is 2.39. The van der Waals surface area contributed by atoms with Gasteiger partial charge < -0.3 is 10.6 Å². The minimum atomic E-state index is 0.537. The molecule has 1 aromatic heterocycles. The molecule has 1 heterocycles. The summed E-state index contributed by atoms with van der Waals surface area (Å²) in [4.78, 5) is 9.26. The van der Waals surface area contributed by atoms with Crippen LogP contribution in [0.1, 0.15) is 37.1 Å². The number of hydrogen-bond donors (Lipinski definition) is 2. The molecule has 0 saturated heterocycles. The molecular weight excluding hydrogens is 328 g/mol. The van der Waals surface area contributed by atoms with Crippen LogP contribution in [-0.4, -0.2) is 16.5 Å². The van der Waals surface area contributed by atoms with E-state index < -0.39 is 0 Å². The van der Waals surface area contributed by atoms with Crippen molar-refractivity contribution in [2.24, 2.45) is 0 Å². The average Bonchev–Trinajstić information content (AvgIpc) is 3.27. The SMILES string of the molecule is CCNc1cc(Nc2ccc(Br)cc2C)nc(C2CC2)n1. The minimum absolute atomic E-state index is 0.537. The molecule has 1 aromatic carbocycles. The molecule has 0 aliphatic heterocycles. The van der Waals surface area contributed by atoms with Crippen LogP contribution < -0.4 is 10.6 Å². The van der Waals surface area contributed by atoms with Gasteiger partial charge in [0.1, 0.15) is 17.5 Å². The lowest BCUT2D eigenvalue weighted by atomic mass is 10.2. The van der Waals surface area contributed by atoms with Gasteiger partial charge in [0.15, 0.2) is 0 Å². The quantitative estimate of drug-likeness (QED) is 0.830. The lowest BCUT2D eigenvalue weighted by molar-refractivity contribution is 0.927. The first-order chi connectivity index (χ1) is 10.2. The summed E-state index contributed by atoms with van der Waals surface area (Å²) >= 11 is 3.49. The highest BCUT2D eigenvalue weighted by molar-refractivity contribution is 9.10. The Bertz CT molecular complexity index is 653. The monoisotopic (exact) mass is 346 g/mol. The zero-order chi connectivity index (χ0) is 14.8. The van der Waals surface area contributed by atoms with Gasteiger partial charge >= 0.3 is 0 Å². The molecule has 1 fully saturated rings. The van der Waals surface area contributed by atoms with E-state index in [0.717, 1.165) is 34.2 Å². The molecule has 1 aliphatic carbocycles. The molecule has 110 valence electrons. The van der Waals surface area contributed by atoms with Crippen molar-refractivity contribution in [1.82, 2.24) is 9.97 Å². The van der Waals surface area contributed by atoms with Crippen LogP contribution in [0, 0.1) is 6.92 Å². The van der Waals surface area contributed by atoms with Gasteiger partial charge in [0, 0.05) is 28.7 Å². The van der Waals surface area contributed by atoms with Crippen LogP contribution in [0.4, 0.5) is 17.3 Å². The molecule has 3 rings (SSSR count). The Morgan fingerprint density at radius 3 is 2.62 bits per heavy atom. The normalized spacial score (nSPS) is 14.0. The molecule has 5 heteroatoms. The maximum Gasteiger partial charge on any atom is 0.136 e. The Balaban J connectivity index is 1.89. The summed E-state index contributed by atoms with van der Waals surface area (Å²) in [5.41, 5.74) is 2.25. The van der Waals surface area contributed by atoms with Gasteiger partial charge in [-0.2, -0.15) is 0 Å². The van der Waals surface area contributed by atoms with Gasteiger partial charge in [-0.15, -0.1) is 0 Å². The summed E-state index contributed by atoms with van der Waals surface area (Å²) in [6.07, 6.45) is 2.40. The van der Waals surface area contributed by atoms with Crippen LogP contribution in [0.5, 0.6) is 0 Å². The van der Waals surface area contributed by atoms with Gasteiger partial charge in [-0.1, -0.05) is 15.9 Å². The zero-order valence-electron chi connectivity index (χ0n) is 12.3. The van der Waals surface area contributed by atoms with Gasteiger partial charge in [-0.25, -0.2) is 9.97 Å². The summed E-state index contributed by atoms with van der Waals surface area (Å²) in [6, 6.07) is 8.15. The van der Waals surface area contributed by atoms with Crippen LogP contribution in [0.25, 0.3) is 0 Å². The summed E-state index contributed by atoms with van der Waals surface area (Å²) in [5.74, 6) is 3.24. The Labute approximate surface area is 133 Å². The molecule has 1 aliphatic rings. The van der Waals surface area contributed by atoms with E-state index in [0.29, 0.717) is 5.92 Å². The molecule has 0 unspecified atom stereocenters. The first-order valence-electron chi connectivity index (χ1n) is 7.31. The Hall–Kier alpha value is -1.62. The van der Waals surface area contributed by atoms with Gasteiger partial charge in [-0.3, -0.25) is 0 Å². The average molecular weight is 347 g/mol. The predicted octanol–water partition coefficient (Wildman–Crippen LogP) is 4.60. The number of nitrogens with zero attached hydrogens (tertiary/aromatic N) is 2. The van der Waals surface area contributed by atoms with Crippen molar-refractivity contribution < 1.29 is 0 Å². The van der Waals surface area contributed by atoms with Crippen molar-refractivity contribution in [3.8, 4) is 0 Å². The van der Waals surface area contributed by atoms with Crippen molar-refractivity contribution in [3.05, 3.63) is 40.1 Å². The largest absolute Gasteiger partial charge is 0.370 e. The molecule has 2 aromatic rings. The fraction of sp³-hybridized carbons (Fsp3) is 0.375. The highest BCUT2D eigenvalue weighted by atomic mass is 79.9. The van der Waals surface area contributed by atoms with Crippen molar-refractivity contribution in [2.45, 2.75) is 32.6 Å². The molecule has 1 saturated carbocycles. The standard InChI is InChI=1S/C16H19BrN4/c1-3-18-14-9-15(21-16(20-14)11-4-5-11)19-13-7-6-12(17)8-10(13)2/h6-9,11H,3-5H2,1-2H3,(H2,18,19,20,21). The van der Waals surface area contributed by atoms with Crippen LogP contribution >= 0.6 is 15.9 Å². The van der Waals surface area contributed by atoms with E-state index >= 15 is 0 Å². The Morgan fingerprint density at radius 2 is 1.95 bits per heavy atom. The molecule has 0 spiro atoms. The number of halogens is 1. The molecule has 0 radical (unpaired) electrons. The fourth-order valence-corrected chi connectivity index (χ4v) is 2.71. The molecular formula is C16H19BrN4. The van der Waals surface area contributed by atoms with E-state index in [-0.39, 0.29) is 0 Å². The van der Waals surface area contributed by atoms with Crippen molar-refractivity contribution in [2.75, 3.05) is 17.2 Å². The third-order valence-corrected chi connectivity index (χ3v) is 3.99. The molecule has 0 amide bonds. The maximum atomic E-state index is 4.66. The topological polar surface area (TPSA) is 49.8 Å². The molecule has 0 bridgehead atoms. The van der Waals surface area contributed by atoms with E-state index in [2.05, 4.69) is 62.5 Å². The third-order valence-electron chi connectivity index (χ3n) is 3.50. The third kappa shape index (κ3) is 3.53. The highest BCUT2D eigenvalue weighted by Gasteiger charge is 2.27. The van der Waals surface area contributed by atoms with E-state index in [9.17, 15) is 0 Å². The Kier molecular flexibility index (Phi) is 4.10. The number of aromatic nitrogens is 2. The van der Waals surface area contributed by atoms with Gasteiger partial charge in [0.25, 0.3) is 0 Å². The summed E-state index contributed by atoms with van der Waals surface area (Å²) in [6.45, 7) is 5.02. The molecule has 2 N–H and O–H groups in total. The first kappa shape index (κ1) is 14.3. The predicted molar refractivity (Wildman–Crippen MR) is 90.3 cm³/mol. The number of nitrogens with one attached hydrogen (secondary N) is 2. The van der Waals surface area contributed by atoms with Crippen LogP contribution in [0.15, 0.2) is 28.7 Å². The number of aryl methyl sites for hydroxylation is 1. The minimum Gasteiger partial charge on any atom is -0.370 e. The number of benzene rings is 1. The second-order valence-corrected chi connectivity index (χ2v) is 6.30. The van der Waals surface area contributed by atoms with E-state index in [4.69, 9.17) is 0 Å². The summed E-state index contributed by atoms with van der Waals surface area (Å²) < 4.78 is 1.08. The molecule has 0 atom stereocenters. The van der Waals surface area contributed by atoms with Crippen LogP contribution in [-0.2, 0) is 0 Å². The lowest BCUT2D eigenvalue weighted by Crippen LogP contribution is -2.06. The van der Waals surface area contributed by atoms with Gasteiger partial charge in [-0.05, 0) is 50.5 Å². The first-order valence-corrected chi connectivity index (χ1v) is 8.11. The van der Waals surface area contributed by atoms with Crippen molar-refractivity contribution in [1.29, 1.82) is 0 Å². The van der Waals surface area contributed by atoms with Gasteiger partial charge in [0.05, 0.1) is 0 Å². The van der Waals surface area contributed by atoms with Crippen molar-refractivity contribution in [3.63, 3.8) is 0 Å². The second kappa shape index (κ2) is 6.02. The number of hydrogen-bond acceptors (Lipinski definition) is 4. The van der Waals surface area contributed by atoms with Crippen LogP contribution in [0.3, 0.4) is 0 Å².